The number of aromatic carboxylic acids is 1. The summed E-state index contributed by atoms with van der Waals surface area (Å²) in [6.45, 7) is 3.46. The van der Waals surface area contributed by atoms with Crippen molar-refractivity contribution in [2.75, 3.05) is 5.32 Å². The second-order valence-corrected chi connectivity index (χ2v) is 4.79. The molecule has 2 aromatic heterocycles. The minimum atomic E-state index is -1.04. The van der Waals surface area contributed by atoms with Crippen molar-refractivity contribution in [2.45, 2.75) is 13.8 Å². The van der Waals surface area contributed by atoms with Crippen molar-refractivity contribution in [2.24, 2.45) is 0 Å². The van der Waals surface area contributed by atoms with Gasteiger partial charge in [0.1, 0.15) is 5.82 Å². The Bertz CT molecular complexity index is 536. The predicted octanol–water partition coefficient (Wildman–Crippen LogP) is 2.79. The van der Waals surface area contributed by atoms with Gasteiger partial charge in [-0.2, -0.15) is 0 Å². The van der Waals surface area contributed by atoms with E-state index in [0.29, 0.717) is 5.82 Å². The number of hydrogen-bond acceptors (Lipinski definition) is 4. The zero-order valence-electron chi connectivity index (χ0n) is 10.6. The van der Waals surface area contributed by atoms with Crippen LogP contribution in [0.2, 0.25) is 0 Å². The molecule has 5 nitrogen and oxygen atoms in total. The Morgan fingerprint density at radius 2 is 2.05 bits per heavy atom. The molecular weight excluding hydrogens is 264 g/mol. The largest absolute Gasteiger partial charge is 0.478 e. The molecule has 19 heavy (non-hydrogen) atoms. The fourth-order valence-corrected chi connectivity index (χ4v) is 1.66. The van der Waals surface area contributed by atoms with Crippen molar-refractivity contribution in [3.63, 3.8) is 0 Å². The van der Waals surface area contributed by atoms with E-state index in [1.807, 2.05) is 0 Å². The molecule has 0 bridgehead atoms. The molecule has 0 aromatic carbocycles. The molecule has 0 atom stereocenters. The summed E-state index contributed by atoms with van der Waals surface area (Å²) >= 11 is 1.78. The lowest BCUT2D eigenvalue weighted by atomic mass is 10.3. The van der Waals surface area contributed by atoms with Gasteiger partial charge >= 0.3 is 5.97 Å². The molecule has 2 rings (SSSR count). The highest BCUT2D eigenvalue weighted by molar-refractivity contribution is 7.09. The van der Waals surface area contributed by atoms with E-state index in [4.69, 9.17) is 5.11 Å². The smallest absolute Gasteiger partial charge is 0.337 e. The second-order valence-electron chi connectivity index (χ2n) is 3.64. The fraction of sp³-hybridized carbons (Fsp3) is 0.154. The van der Waals surface area contributed by atoms with Gasteiger partial charge in [-0.1, -0.05) is 6.07 Å². The topological polar surface area (TPSA) is 79.3 Å². The Morgan fingerprint density at radius 3 is 2.37 bits per heavy atom. The van der Waals surface area contributed by atoms with Crippen LogP contribution >= 0.6 is 11.3 Å². The van der Waals surface area contributed by atoms with Crippen LogP contribution in [0.3, 0.4) is 0 Å². The lowest BCUT2D eigenvalue weighted by molar-refractivity contribution is -0.114. The Labute approximate surface area is 114 Å². The van der Waals surface area contributed by atoms with Crippen LogP contribution in [0.15, 0.2) is 35.8 Å². The van der Waals surface area contributed by atoms with Gasteiger partial charge in [0.25, 0.3) is 0 Å². The summed E-state index contributed by atoms with van der Waals surface area (Å²) in [6, 6.07) is 6.97. The molecule has 0 radical (unpaired) electrons. The van der Waals surface area contributed by atoms with Crippen LogP contribution in [0.1, 0.15) is 22.2 Å². The minimum Gasteiger partial charge on any atom is -0.478 e. The fourth-order valence-electron chi connectivity index (χ4n) is 1.14. The molecule has 0 aliphatic carbocycles. The van der Waals surface area contributed by atoms with E-state index in [2.05, 4.69) is 34.7 Å². The lowest BCUT2D eigenvalue weighted by Gasteiger charge is -1.99. The quantitative estimate of drug-likeness (QED) is 0.885. The molecule has 6 heteroatoms. The van der Waals surface area contributed by atoms with E-state index in [1.165, 1.54) is 30.1 Å². The maximum atomic E-state index is 10.6. The number of amides is 1. The standard InChI is InChI=1S/C8H8N2O3.C5H6S/c1-5(11)10-7-3-2-6(4-9-7)8(12)13;1-5-3-2-4-6-5/h2-4H,1H3,(H,12,13)(H,9,10,11);2-4H,1H3. The van der Waals surface area contributed by atoms with Gasteiger partial charge in [-0.25, -0.2) is 9.78 Å². The second kappa shape index (κ2) is 7.27. The molecule has 2 aromatic rings. The summed E-state index contributed by atoms with van der Waals surface area (Å²) in [5, 5.41) is 13.0. The maximum Gasteiger partial charge on any atom is 0.337 e. The van der Waals surface area contributed by atoms with Crippen molar-refractivity contribution in [1.82, 2.24) is 4.98 Å². The molecule has 0 unspecified atom stereocenters. The Kier molecular flexibility index (Phi) is 5.69. The van der Waals surface area contributed by atoms with E-state index >= 15 is 0 Å². The van der Waals surface area contributed by atoms with Crippen LogP contribution in [-0.4, -0.2) is 22.0 Å². The summed E-state index contributed by atoms with van der Waals surface area (Å²) < 4.78 is 0. The van der Waals surface area contributed by atoms with E-state index in [1.54, 1.807) is 11.3 Å². The Morgan fingerprint density at radius 1 is 1.32 bits per heavy atom. The SMILES string of the molecule is CC(=O)Nc1ccc(C(=O)O)cn1.Cc1cccs1. The van der Waals surface area contributed by atoms with Crippen LogP contribution in [0.25, 0.3) is 0 Å². The first-order valence-electron chi connectivity index (χ1n) is 5.46. The number of carbonyl (C=O) groups excluding carboxylic acids is 1. The third-order valence-corrected chi connectivity index (χ3v) is 2.78. The van der Waals surface area contributed by atoms with Crippen molar-refractivity contribution in [3.05, 3.63) is 46.3 Å². The average Bonchev–Trinajstić information content (AvgIpc) is 2.81. The third-order valence-electron chi connectivity index (χ3n) is 1.98. The maximum absolute atomic E-state index is 10.6. The lowest BCUT2D eigenvalue weighted by Crippen LogP contribution is -2.07. The van der Waals surface area contributed by atoms with Crippen molar-refractivity contribution in [1.29, 1.82) is 0 Å². The van der Waals surface area contributed by atoms with Gasteiger partial charge in [0.15, 0.2) is 0 Å². The number of pyridine rings is 1. The van der Waals surface area contributed by atoms with Crippen molar-refractivity contribution < 1.29 is 14.7 Å². The number of thiophene rings is 1. The van der Waals surface area contributed by atoms with Crippen LogP contribution < -0.4 is 5.32 Å². The van der Waals surface area contributed by atoms with Gasteiger partial charge in [0.2, 0.25) is 5.91 Å². The number of rotatable bonds is 2. The first-order valence-corrected chi connectivity index (χ1v) is 6.34. The number of carboxylic acids is 1. The highest BCUT2D eigenvalue weighted by atomic mass is 32.1. The van der Waals surface area contributed by atoms with Gasteiger partial charge < -0.3 is 10.4 Å². The molecule has 0 aliphatic rings. The van der Waals surface area contributed by atoms with Gasteiger partial charge in [0.05, 0.1) is 5.56 Å². The third kappa shape index (κ3) is 5.78. The van der Waals surface area contributed by atoms with Crippen molar-refractivity contribution >= 4 is 29.0 Å². The molecule has 0 saturated carbocycles. The number of carbonyl (C=O) groups is 2. The molecule has 1 amide bonds. The first kappa shape index (κ1) is 14.8. The van der Waals surface area contributed by atoms with Crippen LogP contribution in [-0.2, 0) is 4.79 Å². The number of nitrogens with one attached hydrogen (secondary N) is 1. The molecule has 2 heterocycles. The van der Waals surface area contributed by atoms with Crippen molar-refractivity contribution in [3.8, 4) is 0 Å². The number of hydrogen-bond donors (Lipinski definition) is 2. The van der Waals surface area contributed by atoms with E-state index in [-0.39, 0.29) is 11.5 Å². The number of carboxylic acid groups (broad SMARTS) is 1. The molecular formula is C13H14N2O3S. The zero-order chi connectivity index (χ0) is 14.3. The summed E-state index contributed by atoms with van der Waals surface area (Å²) in [5.41, 5.74) is 0.0918. The van der Waals surface area contributed by atoms with Crippen LogP contribution in [0, 0.1) is 6.92 Å². The number of anilines is 1. The summed E-state index contributed by atoms with van der Waals surface area (Å²) in [5.74, 6) is -0.935. The average molecular weight is 278 g/mol. The number of aryl methyl sites for hydroxylation is 1. The monoisotopic (exact) mass is 278 g/mol. The van der Waals surface area contributed by atoms with Crippen LogP contribution in [0.5, 0.6) is 0 Å². The highest BCUT2D eigenvalue weighted by Gasteiger charge is 2.02. The van der Waals surface area contributed by atoms with E-state index in [9.17, 15) is 9.59 Å². The minimum absolute atomic E-state index is 0.0918. The van der Waals surface area contributed by atoms with Gasteiger partial charge in [-0.05, 0) is 30.5 Å². The van der Waals surface area contributed by atoms with Gasteiger partial charge in [-0.3, -0.25) is 4.79 Å². The Balaban J connectivity index is 0.000000250. The number of aromatic nitrogens is 1. The number of nitrogens with zero attached hydrogens (tertiary/aromatic N) is 1. The van der Waals surface area contributed by atoms with Crippen LogP contribution in [0.4, 0.5) is 5.82 Å². The molecule has 0 saturated heterocycles. The van der Waals surface area contributed by atoms with Gasteiger partial charge in [0, 0.05) is 18.0 Å². The molecule has 100 valence electrons. The van der Waals surface area contributed by atoms with E-state index < -0.39 is 5.97 Å². The highest BCUT2D eigenvalue weighted by Crippen LogP contribution is 2.04. The predicted molar refractivity (Wildman–Crippen MR) is 74.6 cm³/mol. The van der Waals surface area contributed by atoms with Gasteiger partial charge in [-0.15, -0.1) is 11.3 Å². The summed E-state index contributed by atoms with van der Waals surface area (Å²) in [7, 11) is 0. The molecule has 0 spiro atoms. The summed E-state index contributed by atoms with van der Waals surface area (Å²) in [6.07, 6.45) is 1.19. The normalized spacial score (nSPS) is 9.16. The Hall–Kier alpha value is -2.21. The zero-order valence-corrected chi connectivity index (χ0v) is 11.4. The first-order chi connectivity index (χ1) is 8.99. The molecule has 0 aliphatic heterocycles. The molecule has 0 fully saturated rings. The molecule has 2 N–H and O–H groups in total. The summed E-state index contributed by atoms with van der Waals surface area (Å²) in [4.78, 5) is 26.1. The van der Waals surface area contributed by atoms with E-state index in [0.717, 1.165) is 0 Å².